The molecule has 146 valence electrons. The summed E-state index contributed by atoms with van der Waals surface area (Å²) in [5, 5.41) is 4.96. The first kappa shape index (κ1) is 19.4. The van der Waals surface area contributed by atoms with Crippen LogP contribution in [0, 0.1) is 0 Å². The van der Waals surface area contributed by atoms with Crippen LogP contribution in [0.3, 0.4) is 0 Å². The Morgan fingerprint density at radius 2 is 1.89 bits per heavy atom. The van der Waals surface area contributed by atoms with Gasteiger partial charge in [-0.2, -0.15) is 23.0 Å². The van der Waals surface area contributed by atoms with Gasteiger partial charge in [0.15, 0.2) is 5.82 Å². The zero-order valence-corrected chi connectivity index (χ0v) is 14.8. The fraction of sp³-hybridized carbons (Fsp3) is 0.235. The van der Waals surface area contributed by atoms with Gasteiger partial charge in [-0.25, -0.2) is 20.0 Å². The van der Waals surface area contributed by atoms with Crippen LogP contribution in [-0.2, 0) is 11.0 Å². The largest absolute Gasteiger partial charge is 0.416 e. The van der Waals surface area contributed by atoms with Crippen LogP contribution in [0.25, 0.3) is 5.95 Å². The topological polar surface area (TPSA) is 86.0 Å². The van der Waals surface area contributed by atoms with Crippen molar-refractivity contribution in [1.82, 2.24) is 29.8 Å². The zero-order chi connectivity index (χ0) is 20.3. The third kappa shape index (κ3) is 3.83. The standard InChI is InChI=1S/C17H15F3N6O2/c1-11(14-23-10-24-25(14)16-21-7-4-8-22-16)26(28-2)15(27)12-5-3-6-13(9-12)17(18,19)20/h3-11H,1-2H3. The van der Waals surface area contributed by atoms with E-state index in [1.54, 1.807) is 13.0 Å². The highest BCUT2D eigenvalue weighted by Gasteiger charge is 2.33. The molecule has 1 aromatic carbocycles. The summed E-state index contributed by atoms with van der Waals surface area (Å²) in [6.07, 6.45) is -0.282. The van der Waals surface area contributed by atoms with Crippen LogP contribution < -0.4 is 0 Å². The van der Waals surface area contributed by atoms with Gasteiger partial charge in [-0.3, -0.25) is 9.63 Å². The fourth-order valence-corrected chi connectivity index (χ4v) is 2.57. The second-order valence-corrected chi connectivity index (χ2v) is 5.65. The van der Waals surface area contributed by atoms with Gasteiger partial charge in [0.05, 0.1) is 12.7 Å². The van der Waals surface area contributed by atoms with E-state index in [1.165, 1.54) is 36.6 Å². The van der Waals surface area contributed by atoms with Gasteiger partial charge >= 0.3 is 6.18 Å². The summed E-state index contributed by atoms with van der Waals surface area (Å²) in [5.41, 5.74) is -1.10. The molecule has 1 unspecified atom stereocenters. The summed E-state index contributed by atoms with van der Waals surface area (Å²) in [7, 11) is 1.24. The molecular formula is C17H15F3N6O2. The van der Waals surface area contributed by atoms with E-state index in [2.05, 4.69) is 20.1 Å². The van der Waals surface area contributed by atoms with E-state index in [9.17, 15) is 18.0 Å². The van der Waals surface area contributed by atoms with E-state index in [0.717, 1.165) is 23.3 Å². The Hall–Kier alpha value is -3.34. The van der Waals surface area contributed by atoms with Crippen molar-refractivity contribution in [3.05, 3.63) is 66.0 Å². The maximum atomic E-state index is 12.9. The molecule has 1 atom stereocenters. The Morgan fingerprint density at radius 1 is 1.18 bits per heavy atom. The Labute approximate surface area is 157 Å². The summed E-state index contributed by atoms with van der Waals surface area (Å²) >= 11 is 0. The molecule has 0 aliphatic rings. The molecule has 0 aliphatic carbocycles. The lowest BCUT2D eigenvalue weighted by Crippen LogP contribution is -2.34. The van der Waals surface area contributed by atoms with Crippen molar-refractivity contribution in [1.29, 1.82) is 0 Å². The van der Waals surface area contributed by atoms with Crippen molar-refractivity contribution in [2.24, 2.45) is 0 Å². The lowest BCUT2D eigenvalue weighted by Gasteiger charge is -2.26. The minimum absolute atomic E-state index is 0.175. The van der Waals surface area contributed by atoms with Gasteiger partial charge in [0.2, 0.25) is 0 Å². The Balaban J connectivity index is 1.92. The average molecular weight is 392 g/mol. The van der Waals surface area contributed by atoms with Gasteiger partial charge in [-0.15, -0.1) is 0 Å². The van der Waals surface area contributed by atoms with Crippen molar-refractivity contribution < 1.29 is 22.8 Å². The number of rotatable bonds is 5. The number of hydroxylamine groups is 2. The molecule has 0 spiro atoms. The van der Waals surface area contributed by atoms with E-state index in [0.29, 0.717) is 0 Å². The number of carbonyl (C=O) groups is 1. The normalized spacial score (nSPS) is 12.6. The summed E-state index contributed by atoms with van der Waals surface area (Å²) in [5.74, 6) is -0.262. The van der Waals surface area contributed by atoms with Crippen LogP contribution in [0.5, 0.6) is 0 Å². The Bertz CT molecular complexity index is 961. The Kier molecular flexibility index (Phi) is 5.36. The summed E-state index contributed by atoms with van der Waals surface area (Å²) in [4.78, 5) is 30.2. The molecular weight excluding hydrogens is 377 g/mol. The van der Waals surface area contributed by atoms with E-state index >= 15 is 0 Å². The quantitative estimate of drug-likeness (QED) is 0.621. The number of hydrogen-bond acceptors (Lipinski definition) is 6. The Morgan fingerprint density at radius 3 is 2.54 bits per heavy atom. The highest BCUT2D eigenvalue weighted by Crippen LogP contribution is 2.30. The molecule has 0 aliphatic heterocycles. The highest BCUT2D eigenvalue weighted by molar-refractivity contribution is 5.94. The number of hydrogen-bond donors (Lipinski definition) is 0. The second kappa shape index (κ2) is 7.72. The maximum Gasteiger partial charge on any atom is 0.416 e. The first-order valence-corrected chi connectivity index (χ1v) is 8.05. The van der Waals surface area contributed by atoms with Crippen molar-refractivity contribution in [3.8, 4) is 5.95 Å². The first-order chi connectivity index (χ1) is 13.3. The molecule has 1 amide bonds. The van der Waals surface area contributed by atoms with Crippen LogP contribution in [0.4, 0.5) is 13.2 Å². The minimum atomic E-state index is -4.56. The van der Waals surface area contributed by atoms with Gasteiger partial charge in [0.1, 0.15) is 12.4 Å². The molecule has 0 bridgehead atoms. The van der Waals surface area contributed by atoms with Gasteiger partial charge in [-0.1, -0.05) is 6.07 Å². The van der Waals surface area contributed by atoms with Gasteiger partial charge in [0, 0.05) is 18.0 Å². The average Bonchev–Trinajstić information content (AvgIpc) is 3.18. The smallest absolute Gasteiger partial charge is 0.273 e. The summed E-state index contributed by atoms with van der Waals surface area (Å²) in [6, 6.07) is 4.93. The molecule has 0 saturated carbocycles. The van der Waals surface area contributed by atoms with E-state index in [4.69, 9.17) is 4.84 Å². The van der Waals surface area contributed by atoms with Crippen LogP contribution in [-0.4, -0.2) is 42.8 Å². The van der Waals surface area contributed by atoms with Crippen molar-refractivity contribution in [2.75, 3.05) is 7.11 Å². The number of amides is 1. The third-order valence-corrected chi connectivity index (χ3v) is 3.87. The number of alkyl halides is 3. The molecule has 0 N–H and O–H groups in total. The molecule has 3 rings (SSSR count). The number of aromatic nitrogens is 5. The van der Waals surface area contributed by atoms with Crippen molar-refractivity contribution in [2.45, 2.75) is 19.1 Å². The summed E-state index contributed by atoms with van der Waals surface area (Å²) in [6.45, 7) is 1.60. The lowest BCUT2D eigenvalue weighted by molar-refractivity contribution is -0.137. The molecule has 0 radical (unpaired) electrons. The van der Waals surface area contributed by atoms with Crippen LogP contribution >= 0.6 is 0 Å². The molecule has 28 heavy (non-hydrogen) atoms. The molecule has 11 heteroatoms. The monoisotopic (exact) mass is 392 g/mol. The van der Waals surface area contributed by atoms with Crippen molar-refractivity contribution in [3.63, 3.8) is 0 Å². The fourth-order valence-electron chi connectivity index (χ4n) is 2.57. The van der Waals surface area contributed by atoms with Gasteiger partial charge < -0.3 is 0 Å². The molecule has 8 nitrogen and oxygen atoms in total. The highest BCUT2D eigenvalue weighted by atomic mass is 19.4. The number of carbonyl (C=O) groups excluding carboxylic acids is 1. The van der Waals surface area contributed by atoms with E-state index in [-0.39, 0.29) is 17.3 Å². The summed E-state index contributed by atoms with van der Waals surface area (Å²) < 4.78 is 40.2. The SMILES string of the molecule is CON(C(=O)c1cccc(C(F)(F)F)c1)C(C)c1ncnn1-c1ncccn1. The lowest BCUT2D eigenvalue weighted by atomic mass is 10.1. The predicted octanol–water partition coefficient (Wildman–Crippen LogP) is 2.84. The number of nitrogens with zero attached hydrogens (tertiary/aromatic N) is 6. The molecule has 0 fully saturated rings. The molecule has 2 heterocycles. The van der Waals surface area contributed by atoms with Gasteiger partial charge in [-0.05, 0) is 31.2 Å². The minimum Gasteiger partial charge on any atom is -0.273 e. The molecule has 0 saturated heterocycles. The first-order valence-electron chi connectivity index (χ1n) is 8.05. The van der Waals surface area contributed by atoms with Crippen LogP contribution in [0.15, 0.2) is 49.1 Å². The van der Waals surface area contributed by atoms with Crippen molar-refractivity contribution >= 4 is 5.91 Å². The van der Waals surface area contributed by atoms with E-state index in [1.807, 2.05) is 0 Å². The second-order valence-electron chi connectivity index (χ2n) is 5.65. The van der Waals surface area contributed by atoms with Gasteiger partial charge in [0.25, 0.3) is 11.9 Å². The third-order valence-electron chi connectivity index (χ3n) is 3.87. The van der Waals surface area contributed by atoms with Crippen LogP contribution in [0.1, 0.15) is 34.7 Å². The number of halogens is 3. The molecule has 2 aromatic heterocycles. The maximum absolute atomic E-state index is 12.9. The zero-order valence-electron chi connectivity index (χ0n) is 14.8. The predicted molar refractivity (Wildman–Crippen MR) is 90.0 cm³/mol. The molecule has 3 aromatic rings. The van der Waals surface area contributed by atoms with Crippen LogP contribution in [0.2, 0.25) is 0 Å². The van der Waals surface area contributed by atoms with E-state index < -0.39 is 23.7 Å². The number of benzene rings is 1.